The number of thioether (sulfide) groups is 1. The van der Waals surface area contributed by atoms with Crippen LogP contribution in [-0.4, -0.2) is 75.0 Å². The summed E-state index contributed by atoms with van der Waals surface area (Å²) in [5.74, 6) is 1.62. The van der Waals surface area contributed by atoms with Crippen molar-refractivity contribution in [1.82, 2.24) is 24.6 Å². The number of amidine groups is 1. The van der Waals surface area contributed by atoms with Gasteiger partial charge in [0.05, 0.1) is 19.8 Å². The molecule has 2 unspecified atom stereocenters. The monoisotopic (exact) mass is 561 g/mol. The summed E-state index contributed by atoms with van der Waals surface area (Å²) in [6.45, 7) is 14.4. The topological polar surface area (TPSA) is 110 Å². The second kappa shape index (κ2) is 10.5. The number of nitrogen functional groups attached to an aromatic ring is 1. The van der Waals surface area contributed by atoms with Gasteiger partial charge >= 0.3 is 0 Å². The van der Waals surface area contributed by atoms with Gasteiger partial charge < -0.3 is 20.7 Å². The molecule has 1 amide bonds. The third-order valence-electron chi connectivity index (χ3n) is 8.25. The molecule has 9 nitrogen and oxygen atoms in total. The smallest absolute Gasteiger partial charge is 0.257 e. The summed E-state index contributed by atoms with van der Waals surface area (Å²) in [7, 11) is 0. The summed E-state index contributed by atoms with van der Waals surface area (Å²) >= 11 is 1.64. The van der Waals surface area contributed by atoms with Crippen LogP contribution in [0.25, 0.3) is 16.8 Å². The number of nitrogens with one attached hydrogen (secondary N) is 1. The standard InChI is InChI=1S/C30H39N7O2S/c1-29(2,3)22-14-33-28(40-22)35-27(38)20-9-7-19(8-10-20)23-24-25(31)32-11-13-37(24)26(34-23)21-6-5-12-36(15-21)16-30(4)17-39-18-30/h7-11,13,21-22H,5-6,12,14-18H2,1-4H3,(H2,31,32)(H,33,35,38). The number of anilines is 1. The summed E-state index contributed by atoms with van der Waals surface area (Å²) in [4.78, 5) is 29.6. The molecule has 0 radical (unpaired) electrons. The van der Waals surface area contributed by atoms with E-state index < -0.39 is 0 Å². The Kier molecular flexibility index (Phi) is 7.13. The molecular formula is C30H39N7O2S. The van der Waals surface area contributed by atoms with Crippen molar-refractivity contribution in [1.29, 1.82) is 0 Å². The van der Waals surface area contributed by atoms with Crippen molar-refractivity contribution >= 4 is 34.2 Å². The maximum atomic E-state index is 13.0. The van der Waals surface area contributed by atoms with E-state index in [1.54, 1.807) is 18.0 Å². The maximum Gasteiger partial charge on any atom is 0.257 e. The molecule has 2 saturated heterocycles. The number of piperidine rings is 1. The SMILES string of the molecule is CC1(CN2CCCC(c3nc(-c4ccc(C(=O)NC5=NCC(C(C)(C)C)S5)cc4)c4c(N)nccn34)C2)COC1. The van der Waals surface area contributed by atoms with Crippen LogP contribution in [0.2, 0.25) is 0 Å². The van der Waals surface area contributed by atoms with Gasteiger partial charge in [0, 0.05) is 53.2 Å². The highest BCUT2D eigenvalue weighted by atomic mass is 32.2. The van der Waals surface area contributed by atoms with Gasteiger partial charge in [-0.1, -0.05) is 51.6 Å². The molecule has 2 aromatic heterocycles. The number of ether oxygens (including phenoxy) is 1. The van der Waals surface area contributed by atoms with Crippen LogP contribution in [0.5, 0.6) is 0 Å². The number of carbonyl (C=O) groups excluding carboxylic acids is 1. The number of aliphatic imine (C=N–C) groups is 1. The second-order valence-electron chi connectivity index (χ2n) is 12.9. The fourth-order valence-electron chi connectivity index (χ4n) is 5.91. The van der Waals surface area contributed by atoms with Crippen molar-refractivity contribution in [2.75, 3.05) is 45.1 Å². The van der Waals surface area contributed by atoms with E-state index in [-0.39, 0.29) is 16.7 Å². The normalized spacial score (nSPS) is 23.1. The van der Waals surface area contributed by atoms with Gasteiger partial charge in [0.2, 0.25) is 0 Å². The molecule has 3 N–H and O–H groups in total. The number of imidazole rings is 1. The largest absolute Gasteiger partial charge is 0.382 e. The minimum absolute atomic E-state index is 0.130. The van der Waals surface area contributed by atoms with Gasteiger partial charge in [-0.3, -0.25) is 14.2 Å². The quantitative estimate of drug-likeness (QED) is 0.474. The predicted octanol–water partition coefficient (Wildman–Crippen LogP) is 4.44. The first-order chi connectivity index (χ1) is 19.1. The molecular weight excluding hydrogens is 522 g/mol. The Morgan fingerprint density at radius 3 is 2.70 bits per heavy atom. The lowest BCUT2D eigenvalue weighted by molar-refractivity contribution is -0.117. The van der Waals surface area contributed by atoms with Crippen molar-refractivity contribution in [3.63, 3.8) is 0 Å². The highest BCUT2D eigenvalue weighted by molar-refractivity contribution is 8.14. The van der Waals surface area contributed by atoms with Crippen LogP contribution in [0.4, 0.5) is 5.82 Å². The number of fused-ring (bicyclic) bond motifs is 1. The fourth-order valence-corrected chi connectivity index (χ4v) is 6.98. The van der Waals surface area contributed by atoms with Crippen molar-refractivity contribution in [3.05, 3.63) is 48.0 Å². The first-order valence-corrected chi connectivity index (χ1v) is 15.0. The number of nitrogens with two attached hydrogens (primary N) is 1. The number of nitrogens with zero attached hydrogens (tertiary/aromatic N) is 5. The first-order valence-electron chi connectivity index (χ1n) is 14.2. The highest BCUT2D eigenvalue weighted by Gasteiger charge is 2.37. The van der Waals surface area contributed by atoms with Crippen LogP contribution in [0, 0.1) is 10.8 Å². The molecule has 0 spiro atoms. The van der Waals surface area contributed by atoms with Gasteiger partial charge in [-0.25, -0.2) is 9.97 Å². The van der Waals surface area contributed by atoms with Gasteiger partial charge in [0.25, 0.3) is 5.91 Å². The number of rotatable bonds is 5. The Morgan fingerprint density at radius 2 is 2.02 bits per heavy atom. The van der Waals surface area contributed by atoms with Gasteiger partial charge in [-0.15, -0.1) is 0 Å². The van der Waals surface area contributed by atoms with Crippen molar-refractivity contribution in [3.8, 4) is 11.3 Å². The molecule has 3 aromatic rings. The van der Waals surface area contributed by atoms with Crippen LogP contribution in [-0.2, 0) is 4.74 Å². The number of likely N-dealkylation sites (tertiary alicyclic amines) is 1. The van der Waals surface area contributed by atoms with E-state index in [0.717, 1.165) is 74.8 Å². The van der Waals surface area contributed by atoms with Crippen LogP contribution in [0.3, 0.4) is 0 Å². The molecule has 40 heavy (non-hydrogen) atoms. The molecule has 6 rings (SSSR count). The van der Waals surface area contributed by atoms with E-state index in [1.807, 2.05) is 30.5 Å². The summed E-state index contributed by atoms with van der Waals surface area (Å²) < 4.78 is 7.60. The Bertz CT molecular complexity index is 1440. The summed E-state index contributed by atoms with van der Waals surface area (Å²) in [6, 6.07) is 7.57. The zero-order chi connectivity index (χ0) is 28.1. The minimum atomic E-state index is -0.156. The van der Waals surface area contributed by atoms with E-state index in [1.165, 1.54) is 0 Å². The van der Waals surface area contributed by atoms with E-state index in [2.05, 4.69) is 52.3 Å². The van der Waals surface area contributed by atoms with Crippen LogP contribution < -0.4 is 11.1 Å². The van der Waals surface area contributed by atoms with Crippen molar-refractivity contribution in [2.24, 2.45) is 15.8 Å². The zero-order valence-electron chi connectivity index (χ0n) is 23.8. The molecule has 10 heteroatoms. The molecule has 5 heterocycles. The number of hydrogen-bond donors (Lipinski definition) is 2. The number of hydrogen-bond acceptors (Lipinski definition) is 8. The Morgan fingerprint density at radius 1 is 1.25 bits per heavy atom. The first kappa shape index (κ1) is 27.2. The summed E-state index contributed by atoms with van der Waals surface area (Å²) in [5, 5.41) is 4.04. The lowest BCUT2D eigenvalue weighted by atomic mass is 9.86. The Labute approximate surface area is 240 Å². The molecule has 0 saturated carbocycles. The number of carbonyl (C=O) groups is 1. The van der Waals surface area contributed by atoms with Crippen LogP contribution >= 0.6 is 11.8 Å². The second-order valence-corrected chi connectivity index (χ2v) is 14.1. The molecule has 212 valence electrons. The number of aromatic nitrogens is 3. The van der Waals surface area contributed by atoms with Gasteiger partial charge in [-0.2, -0.15) is 0 Å². The molecule has 0 aliphatic carbocycles. The predicted molar refractivity (Wildman–Crippen MR) is 161 cm³/mol. The Balaban J connectivity index is 1.22. The van der Waals surface area contributed by atoms with E-state index in [4.69, 9.17) is 15.5 Å². The number of benzene rings is 1. The van der Waals surface area contributed by atoms with E-state index >= 15 is 0 Å². The third kappa shape index (κ3) is 5.36. The molecule has 3 aliphatic heterocycles. The molecule has 2 atom stereocenters. The van der Waals surface area contributed by atoms with Gasteiger partial charge in [-0.05, 0) is 36.9 Å². The van der Waals surface area contributed by atoms with E-state index in [0.29, 0.717) is 27.7 Å². The van der Waals surface area contributed by atoms with Gasteiger partial charge in [0.15, 0.2) is 5.17 Å². The third-order valence-corrected chi connectivity index (χ3v) is 9.84. The zero-order valence-corrected chi connectivity index (χ0v) is 24.6. The lowest BCUT2D eigenvalue weighted by Crippen LogP contribution is -2.50. The number of amides is 1. The molecule has 1 aromatic carbocycles. The fraction of sp³-hybridized carbons (Fsp3) is 0.533. The highest BCUT2D eigenvalue weighted by Crippen LogP contribution is 2.37. The Hall–Kier alpha value is -2.95. The van der Waals surface area contributed by atoms with Crippen molar-refractivity contribution in [2.45, 2.75) is 51.7 Å². The summed E-state index contributed by atoms with van der Waals surface area (Å²) in [5.41, 5.74) is 9.90. The van der Waals surface area contributed by atoms with Crippen LogP contribution in [0.1, 0.15) is 62.6 Å². The average molecular weight is 562 g/mol. The van der Waals surface area contributed by atoms with Crippen molar-refractivity contribution < 1.29 is 9.53 Å². The molecule has 0 bridgehead atoms. The molecule has 3 aliphatic rings. The van der Waals surface area contributed by atoms with Gasteiger partial charge in [0.1, 0.15) is 22.9 Å². The van der Waals surface area contributed by atoms with Crippen LogP contribution in [0.15, 0.2) is 41.7 Å². The minimum Gasteiger partial charge on any atom is -0.382 e. The maximum absolute atomic E-state index is 13.0. The van der Waals surface area contributed by atoms with E-state index in [9.17, 15) is 4.79 Å². The average Bonchev–Trinajstić information content (AvgIpc) is 3.54. The lowest BCUT2D eigenvalue weighted by Gasteiger charge is -2.44. The summed E-state index contributed by atoms with van der Waals surface area (Å²) in [6.07, 6.45) is 5.92. The molecule has 2 fully saturated rings.